The lowest BCUT2D eigenvalue weighted by Crippen LogP contribution is -2.46. The van der Waals surface area contributed by atoms with Crippen molar-refractivity contribution in [2.75, 3.05) is 6.54 Å². The highest BCUT2D eigenvalue weighted by Crippen LogP contribution is 2.43. The Labute approximate surface area is 196 Å². The Morgan fingerprint density at radius 1 is 1.12 bits per heavy atom. The lowest BCUT2D eigenvalue weighted by molar-refractivity contribution is -0.139. The summed E-state index contributed by atoms with van der Waals surface area (Å²) < 4.78 is 39.4. The first-order valence-corrected chi connectivity index (χ1v) is 12.4. The van der Waals surface area contributed by atoms with Gasteiger partial charge in [0.2, 0.25) is 0 Å². The van der Waals surface area contributed by atoms with Gasteiger partial charge in [0.15, 0.2) is 0 Å². The van der Waals surface area contributed by atoms with Crippen LogP contribution in [0.5, 0.6) is 0 Å². The Morgan fingerprint density at radius 3 is 2.30 bits per heavy atom. The molecule has 3 nitrogen and oxygen atoms in total. The Hall–Kier alpha value is -1.82. The molecule has 0 radical (unpaired) electrons. The van der Waals surface area contributed by atoms with Gasteiger partial charge in [-0.2, -0.15) is 13.2 Å². The SMILES string of the molecule is C=C(C1CCCCC1)[C@H](CC(C)C)N1CC[C@@H](CC(=O)O)C[C@H]1c1ccc(C(F)(F)F)cc1. The zero-order chi connectivity index (χ0) is 24.2. The molecule has 3 rings (SSSR count). The molecule has 3 atom stereocenters. The van der Waals surface area contributed by atoms with E-state index in [0.29, 0.717) is 18.3 Å². The molecular weight excluding hydrogens is 427 g/mol. The molecule has 0 bridgehead atoms. The summed E-state index contributed by atoms with van der Waals surface area (Å²) in [5.74, 6) is 0.159. The van der Waals surface area contributed by atoms with Gasteiger partial charge in [0.05, 0.1) is 5.56 Å². The number of likely N-dealkylation sites (tertiary alicyclic amines) is 1. The second kappa shape index (κ2) is 11.1. The zero-order valence-electron chi connectivity index (χ0n) is 19.9. The summed E-state index contributed by atoms with van der Waals surface area (Å²) >= 11 is 0. The van der Waals surface area contributed by atoms with E-state index in [4.69, 9.17) is 0 Å². The van der Waals surface area contributed by atoms with Crippen LogP contribution < -0.4 is 0 Å². The van der Waals surface area contributed by atoms with Crippen molar-refractivity contribution in [1.82, 2.24) is 4.90 Å². The van der Waals surface area contributed by atoms with Crippen LogP contribution in [0, 0.1) is 17.8 Å². The van der Waals surface area contributed by atoms with Gasteiger partial charge < -0.3 is 5.11 Å². The highest BCUT2D eigenvalue weighted by Gasteiger charge is 2.38. The van der Waals surface area contributed by atoms with E-state index < -0.39 is 17.7 Å². The van der Waals surface area contributed by atoms with Crippen LogP contribution in [-0.2, 0) is 11.0 Å². The monoisotopic (exact) mass is 465 g/mol. The first-order chi connectivity index (χ1) is 15.6. The molecule has 0 amide bonds. The maximum atomic E-state index is 13.1. The van der Waals surface area contributed by atoms with Crippen molar-refractivity contribution in [2.24, 2.45) is 17.8 Å². The number of carboxylic acids is 1. The van der Waals surface area contributed by atoms with E-state index in [-0.39, 0.29) is 24.4 Å². The van der Waals surface area contributed by atoms with Crippen molar-refractivity contribution >= 4 is 5.97 Å². The number of carboxylic acid groups (broad SMARTS) is 1. The van der Waals surface area contributed by atoms with Crippen LogP contribution in [0.1, 0.15) is 88.8 Å². The zero-order valence-corrected chi connectivity index (χ0v) is 19.9. The number of nitrogens with zero attached hydrogens (tertiary/aromatic N) is 1. The molecule has 1 aliphatic carbocycles. The topological polar surface area (TPSA) is 40.5 Å². The molecule has 184 valence electrons. The van der Waals surface area contributed by atoms with Crippen molar-refractivity contribution < 1.29 is 23.1 Å². The summed E-state index contributed by atoms with van der Waals surface area (Å²) in [6.07, 6.45) is 4.16. The van der Waals surface area contributed by atoms with E-state index in [1.807, 2.05) is 0 Å². The largest absolute Gasteiger partial charge is 0.481 e. The summed E-state index contributed by atoms with van der Waals surface area (Å²) in [6, 6.07) is 5.53. The molecule has 1 saturated carbocycles. The Kier molecular flexibility index (Phi) is 8.65. The number of halogens is 3. The smallest absolute Gasteiger partial charge is 0.416 e. The second-order valence-corrected chi connectivity index (χ2v) is 10.4. The van der Waals surface area contributed by atoms with Gasteiger partial charge >= 0.3 is 12.1 Å². The first-order valence-electron chi connectivity index (χ1n) is 12.4. The molecule has 1 heterocycles. The molecule has 1 saturated heterocycles. The summed E-state index contributed by atoms with van der Waals surface area (Å²) in [5, 5.41) is 9.35. The standard InChI is InChI=1S/C27H38F3NO2/c1-18(2)15-24(19(3)21-7-5-4-6-8-21)31-14-13-20(17-26(32)33)16-25(31)22-9-11-23(12-10-22)27(28,29)30/h9-12,18,20-21,24-25H,3-8,13-17H2,1-2H3,(H,32,33)/t20-,24+,25+/m1/s1. The Bertz CT molecular complexity index is 797. The van der Waals surface area contributed by atoms with Gasteiger partial charge in [-0.05, 0) is 74.1 Å². The number of carbonyl (C=O) groups is 1. The van der Waals surface area contributed by atoms with Crippen LogP contribution in [0.3, 0.4) is 0 Å². The average molecular weight is 466 g/mol. The summed E-state index contributed by atoms with van der Waals surface area (Å²) in [6.45, 7) is 9.71. The lowest BCUT2D eigenvalue weighted by atomic mass is 9.77. The minimum Gasteiger partial charge on any atom is -0.481 e. The van der Waals surface area contributed by atoms with Crippen molar-refractivity contribution in [2.45, 2.75) is 89.9 Å². The molecule has 1 aliphatic heterocycles. The molecule has 0 aromatic heterocycles. The quantitative estimate of drug-likeness (QED) is 0.405. The summed E-state index contributed by atoms with van der Waals surface area (Å²) in [4.78, 5) is 13.8. The molecule has 2 aliphatic rings. The Morgan fingerprint density at radius 2 is 1.76 bits per heavy atom. The number of hydrogen-bond donors (Lipinski definition) is 1. The third-order valence-corrected chi connectivity index (χ3v) is 7.49. The highest BCUT2D eigenvalue weighted by atomic mass is 19.4. The van der Waals surface area contributed by atoms with Gasteiger partial charge in [-0.15, -0.1) is 0 Å². The summed E-state index contributed by atoms with van der Waals surface area (Å²) in [7, 11) is 0. The fourth-order valence-electron chi connectivity index (χ4n) is 5.78. The van der Waals surface area contributed by atoms with E-state index in [1.165, 1.54) is 24.8 Å². The van der Waals surface area contributed by atoms with Crippen LogP contribution in [0.4, 0.5) is 13.2 Å². The number of rotatable bonds is 8. The molecule has 0 unspecified atom stereocenters. The van der Waals surface area contributed by atoms with Crippen LogP contribution in [0.15, 0.2) is 36.4 Å². The molecule has 1 aromatic rings. The minimum absolute atomic E-state index is 0.0219. The van der Waals surface area contributed by atoms with E-state index in [0.717, 1.165) is 49.9 Å². The molecule has 2 fully saturated rings. The number of alkyl halides is 3. The maximum Gasteiger partial charge on any atom is 0.416 e. The molecule has 33 heavy (non-hydrogen) atoms. The molecule has 1 N–H and O–H groups in total. The minimum atomic E-state index is -4.37. The second-order valence-electron chi connectivity index (χ2n) is 10.4. The maximum absolute atomic E-state index is 13.1. The number of hydrogen-bond acceptors (Lipinski definition) is 2. The third-order valence-electron chi connectivity index (χ3n) is 7.49. The average Bonchev–Trinajstić information content (AvgIpc) is 2.77. The number of aliphatic carboxylic acids is 1. The fraction of sp³-hybridized carbons (Fsp3) is 0.667. The third kappa shape index (κ3) is 6.84. The van der Waals surface area contributed by atoms with Crippen LogP contribution in [-0.4, -0.2) is 28.6 Å². The summed E-state index contributed by atoms with van der Waals surface area (Å²) in [5.41, 5.74) is 1.45. The van der Waals surface area contributed by atoms with E-state index >= 15 is 0 Å². The first kappa shape index (κ1) is 25.8. The van der Waals surface area contributed by atoms with E-state index in [9.17, 15) is 23.1 Å². The van der Waals surface area contributed by atoms with E-state index in [1.54, 1.807) is 12.1 Å². The van der Waals surface area contributed by atoms with Gasteiger partial charge in [-0.1, -0.05) is 57.4 Å². The van der Waals surface area contributed by atoms with Gasteiger partial charge in [-0.25, -0.2) is 0 Å². The van der Waals surface area contributed by atoms with Crippen LogP contribution >= 0.6 is 0 Å². The molecular formula is C27H38F3NO2. The molecule has 0 spiro atoms. The molecule has 6 heteroatoms. The number of benzene rings is 1. The van der Waals surface area contributed by atoms with Crippen LogP contribution in [0.25, 0.3) is 0 Å². The van der Waals surface area contributed by atoms with Crippen LogP contribution in [0.2, 0.25) is 0 Å². The number of piperidine rings is 1. The highest BCUT2D eigenvalue weighted by molar-refractivity contribution is 5.67. The van der Waals surface area contributed by atoms with Crippen molar-refractivity contribution in [3.63, 3.8) is 0 Å². The molecule has 1 aromatic carbocycles. The van der Waals surface area contributed by atoms with Gasteiger partial charge in [0.25, 0.3) is 0 Å². The predicted molar refractivity (Wildman–Crippen MR) is 125 cm³/mol. The fourth-order valence-corrected chi connectivity index (χ4v) is 5.78. The van der Waals surface area contributed by atoms with Crippen molar-refractivity contribution in [3.05, 3.63) is 47.5 Å². The van der Waals surface area contributed by atoms with E-state index in [2.05, 4.69) is 25.3 Å². The predicted octanol–water partition coefficient (Wildman–Crippen LogP) is 7.48. The van der Waals surface area contributed by atoms with Gasteiger partial charge in [-0.3, -0.25) is 9.69 Å². The van der Waals surface area contributed by atoms with Gasteiger partial charge in [0.1, 0.15) is 0 Å². The lowest BCUT2D eigenvalue weighted by Gasteiger charge is -2.46. The van der Waals surface area contributed by atoms with Crippen molar-refractivity contribution in [1.29, 1.82) is 0 Å². The van der Waals surface area contributed by atoms with Gasteiger partial charge in [0, 0.05) is 18.5 Å². The Balaban J connectivity index is 1.92. The van der Waals surface area contributed by atoms with Crippen molar-refractivity contribution in [3.8, 4) is 0 Å². The normalized spacial score (nSPS) is 24.1.